The summed E-state index contributed by atoms with van der Waals surface area (Å²) in [6.45, 7) is 4.61. The van der Waals surface area contributed by atoms with Crippen molar-refractivity contribution in [1.29, 1.82) is 0 Å². The van der Waals surface area contributed by atoms with Crippen LogP contribution in [0.5, 0.6) is 0 Å². The van der Waals surface area contributed by atoms with Crippen LogP contribution in [0.25, 0.3) is 0 Å². The summed E-state index contributed by atoms with van der Waals surface area (Å²) in [5, 5.41) is 6.23. The van der Waals surface area contributed by atoms with Crippen LogP contribution in [-0.4, -0.2) is 43.0 Å². The third kappa shape index (κ3) is 4.31. The Labute approximate surface area is 133 Å². The van der Waals surface area contributed by atoms with E-state index >= 15 is 0 Å². The van der Waals surface area contributed by atoms with E-state index in [0.29, 0.717) is 0 Å². The SMILES string of the molecule is O=C(Nc1ccc(CCN2CCCCC2)cc1)C1CCCN1. The van der Waals surface area contributed by atoms with Gasteiger partial charge >= 0.3 is 0 Å². The van der Waals surface area contributed by atoms with Crippen LogP contribution in [0.2, 0.25) is 0 Å². The van der Waals surface area contributed by atoms with Crippen LogP contribution < -0.4 is 10.6 Å². The highest BCUT2D eigenvalue weighted by atomic mass is 16.2. The summed E-state index contributed by atoms with van der Waals surface area (Å²) < 4.78 is 0. The van der Waals surface area contributed by atoms with E-state index in [0.717, 1.165) is 38.0 Å². The topological polar surface area (TPSA) is 44.4 Å². The van der Waals surface area contributed by atoms with Crippen LogP contribution in [-0.2, 0) is 11.2 Å². The number of carbonyl (C=O) groups excluding carboxylic acids is 1. The molecule has 0 radical (unpaired) electrons. The fourth-order valence-corrected chi connectivity index (χ4v) is 3.36. The predicted octanol–water partition coefficient (Wildman–Crippen LogP) is 2.41. The Kier molecular flexibility index (Phi) is 5.46. The molecule has 22 heavy (non-hydrogen) atoms. The minimum atomic E-state index is -0.0150. The van der Waals surface area contributed by atoms with Crippen molar-refractivity contribution in [3.63, 3.8) is 0 Å². The zero-order valence-electron chi connectivity index (χ0n) is 13.3. The molecule has 0 aromatic heterocycles. The second-order valence-corrected chi connectivity index (χ2v) is 6.49. The van der Waals surface area contributed by atoms with Gasteiger partial charge in [0.1, 0.15) is 0 Å². The molecule has 1 aromatic rings. The van der Waals surface area contributed by atoms with Crippen molar-refractivity contribution in [1.82, 2.24) is 10.2 Å². The van der Waals surface area contributed by atoms with Gasteiger partial charge in [0.25, 0.3) is 0 Å². The van der Waals surface area contributed by atoms with Crippen LogP contribution in [0.1, 0.15) is 37.7 Å². The lowest BCUT2D eigenvalue weighted by molar-refractivity contribution is -0.117. The van der Waals surface area contributed by atoms with Gasteiger partial charge in [0.15, 0.2) is 0 Å². The Balaban J connectivity index is 1.46. The number of nitrogens with zero attached hydrogens (tertiary/aromatic N) is 1. The van der Waals surface area contributed by atoms with Crippen molar-refractivity contribution in [2.75, 3.05) is 31.5 Å². The Morgan fingerprint density at radius 2 is 1.91 bits per heavy atom. The predicted molar refractivity (Wildman–Crippen MR) is 90.1 cm³/mol. The molecule has 0 spiro atoms. The number of rotatable bonds is 5. The Bertz CT molecular complexity index is 474. The molecule has 2 fully saturated rings. The number of amides is 1. The first-order valence-electron chi connectivity index (χ1n) is 8.67. The first-order chi connectivity index (χ1) is 10.8. The Hall–Kier alpha value is -1.39. The largest absolute Gasteiger partial charge is 0.325 e. The Morgan fingerprint density at radius 3 is 2.59 bits per heavy atom. The highest BCUT2D eigenvalue weighted by Gasteiger charge is 2.21. The van der Waals surface area contributed by atoms with E-state index in [2.05, 4.69) is 27.7 Å². The monoisotopic (exact) mass is 301 g/mol. The smallest absolute Gasteiger partial charge is 0.241 e. The van der Waals surface area contributed by atoms with Gasteiger partial charge in [0, 0.05) is 12.2 Å². The molecule has 0 saturated carbocycles. The van der Waals surface area contributed by atoms with E-state index in [9.17, 15) is 4.79 Å². The fraction of sp³-hybridized carbons (Fsp3) is 0.611. The fourth-order valence-electron chi connectivity index (χ4n) is 3.36. The number of hydrogen-bond acceptors (Lipinski definition) is 3. The number of anilines is 1. The van der Waals surface area contributed by atoms with Crippen LogP contribution in [0.15, 0.2) is 24.3 Å². The molecule has 2 saturated heterocycles. The van der Waals surface area contributed by atoms with E-state index in [1.807, 2.05) is 12.1 Å². The van der Waals surface area contributed by atoms with Gasteiger partial charge in [0.2, 0.25) is 5.91 Å². The normalized spacial score (nSPS) is 22.6. The molecule has 0 bridgehead atoms. The van der Waals surface area contributed by atoms with Crippen molar-refractivity contribution in [2.24, 2.45) is 0 Å². The molecule has 0 aliphatic carbocycles. The molecule has 2 heterocycles. The van der Waals surface area contributed by atoms with Gasteiger partial charge < -0.3 is 15.5 Å². The maximum absolute atomic E-state index is 12.1. The third-order valence-corrected chi connectivity index (χ3v) is 4.76. The summed E-state index contributed by atoms with van der Waals surface area (Å²) in [5.41, 5.74) is 2.25. The van der Waals surface area contributed by atoms with Crippen molar-refractivity contribution in [3.8, 4) is 0 Å². The summed E-state index contributed by atoms with van der Waals surface area (Å²) in [6, 6.07) is 8.32. The molecule has 2 aliphatic heterocycles. The summed E-state index contributed by atoms with van der Waals surface area (Å²) in [6.07, 6.45) is 7.22. The first-order valence-corrected chi connectivity index (χ1v) is 8.67. The van der Waals surface area contributed by atoms with Crippen molar-refractivity contribution < 1.29 is 4.79 Å². The van der Waals surface area contributed by atoms with Gasteiger partial charge in [-0.15, -0.1) is 0 Å². The Morgan fingerprint density at radius 1 is 1.14 bits per heavy atom. The molecule has 1 amide bonds. The lowest BCUT2D eigenvalue weighted by atomic mass is 10.1. The second kappa shape index (κ2) is 7.75. The van der Waals surface area contributed by atoms with E-state index in [1.165, 1.54) is 37.9 Å². The van der Waals surface area contributed by atoms with Gasteiger partial charge in [-0.1, -0.05) is 18.6 Å². The zero-order chi connectivity index (χ0) is 15.2. The standard InChI is InChI=1S/C18H27N3O/c22-18(17-5-4-11-19-17)20-16-8-6-15(7-9-16)10-14-21-12-2-1-3-13-21/h6-9,17,19H,1-5,10-14H2,(H,20,22). The van der Waals surface area contributed by atoms with Crippen molar-refractivity contribution >= 4 is 11.6 Å². The number of likely N-dealkylation sites (tertiary alicyclic amines) is 1. The lowest BCUT2D eigenvalue weighted by Crippen LogP contribution is -2.35. The van der Waals surface area contributed by atoms with Gasteiger partial charge in [-0.3, -0.25) is 4.79 Å². The zero-order valence-corrected chi connectivity index (χ0v) is 13.3. The maximum atomic E-state index is 12.1. The van der Waals surface area contributed by atoms with Gasteiger partial charge in [-0.2, -0.15) is 0 Å². The number of nitrogens with one attached hydrogen (secondary N) is 2. The van der Waals surface area contributed by atoms with Gasteiger partial charge in [-0.05, 0) is 69.4 Å². The van der Waals surface area contributed by atoms with Gasteiger partial charge in [0.05, 0.1) is 6.04 Å². The molecule has 2 aliphatic rings. The number of hydrogen-bond donors (Lipinski definition) is 2. The average Bonchev–Trinajstić information content (AvgIpc) is 3.10. The molecular formula is C18H27N3O. The highest BCUT2D eigenvalue weighted by molar-refractivity contribution is 5.95. The summed E-state index contributed by atoms with van der Waals surface area (Å²) in [5.74, 6) is 0.0959. The van der Waals surface area contributed by atoms with Crippen molar-refractivity contribution in [2.45, 2.75) is 44.6 Å². The third-order valence-electron chi connectivity index (χ3n) is 4.76. The van der Waals surface area contributed by atoms with Crippen molar-refractivity contribution in [3.05, 3.63) is 29.8 Å². The van der Waals surface area contributed by atoms with Gasteiger partial charge in [-0.25, -0.2) is 0 Å². The molecule has 120 valence electrons. The van der Waals surface area contributed by atoms with E-state index < -0.39 is 0 Å². The molecule has 1 unspecified atom stereocenters. The lowest BCUT2D eigenvalue weighted by Gasteiger charge is -2.26. The quantitative estimate of drug-likeness (QED) is 0.878. The van der Waals surface area contributed by atoms with Crippen LogP contribution in [0.4, 0.5) is 5.69 Å². The first kappa shape index (κ1) is 15.5. The molecule has 4 nitrogen and oxygen atoms in total. The molecular weight excluding hydrogens is 274 g/mol. The van der Waals surface area contributed by atoms with Crippen LogP contribution in [0, 0.1) is 0 Å². The second-order valence-electron chi connectivity index (χ2n) is 6.49. The van der Waals surface area contributed by atoms with Crippen LogP contribution >= 0.6 is 0 Å². The van der Waals surface area contributed by atoms with E-state index in [4.69, 9.17) is 0 Å². The molecule has 1 atom stereocenters. The summed E-state index contributed by atoms with van der Waals surface area (Å²) in [4.78, 5) is 14.6. The molecule has 2 N–H and O–H groups in total. The number of piperidine rings is 1. The van der Waals surface area contributed by atoms with E-state index in [-0.39, 0.29) is 11.9 Å². The summed E-state index contributed by atoms with van der Waals surface area (Å²) in [7, 11) is 0. The minimum Gasteiger partial charge on any atom is -0.325 e. The van der Waals surface area contributed by atoms with Crippen LogP contribution in [0.3, 0.4) is 0 Å². The van der Waals surface area contributed by atoms with E-state index in [1.54, 1.807) is 0 Å². The molecule has 1 aromatic carbocycles. The minimum absolute atomic E-state index is 0.0150. The number of carbonyl (C=O) groups is 1. The molecule has 3 rings (SSSR count). The molecule has 4 heteroatoms. The highest BCUT2D eigenvalue weighted by Crippen LogP contribution is 2.14. The number of benzene rings is 1. The average molecular weight is 301 g/mol. The maximum Gasteiger partial charge on any atom is 0.241 e. The summed E-state index contributed by atoms with van der Waals surface area (Å²) >= 11 is 0.